The molecule has 0 spiro atoms. The monoisotopic (exact) mass is 256 g/mol. The van der Waals surface area contributed by atoms with Gasteiger partial charge < -0.3 is 10.4 Å². The average molecular weight is 256 g/mol. The fraction of sp³-hybridized carbons (Fsp3) is 0.846. The van der Waals surface area contributed by atoms with Gasteiger partial charge in [-0.05, 0) is 26.8 Å². The third-order valence-corrected chi connectivity index (χ3v) is 3.94. The summed E-state index contributed by atoms with van der Waals surface area (Å²) in [7, 11) is 2.07. The summed E-state index contributed by atoms with van der Waals surface area (Å²) in [6.07, 6.45) is 2.47. The SMILES string of the molecule is CC(C(=O)O)C(C)C(=O)NCC(C)N(C)C1CC1. The molecule has 1 fully saturated rings. The number of aliphatic carboxylic acids is 1. The van der Waals surface area contributed by atoms with Gasteiger partial charge in [0.25, 0.3) is 0 Å². The molecule has 0 bridgehead atoms. The number of amides is 1. The van der Waals surface area contributed by atoms with E-state index in [0.717, 1.165) is 0 Å². The van der Waals surface area contributed by atoms with Crippen LogP contribution in [-0.4, -0.2) is 47.6 Å². The Morgan fingerprint density at radius 3 is 2.28 bits per heavy atom. The number of nitrogens with zero attached hydrogens (tertiary/aromatic N) is 1. The molecule has 1 aliphatic rings. The number of hydrogen-bond donors (Lipinski definition) is 2. The molecule has 5 heteroatoms. The van der Waals surface area contributed by atoms with Crippen molar-refractivity contribution in [3.05, 3.63) is 0 Å². The van der Waals surface area contributed by atoms with Crippen molar-refractivity contribution in [1.82, 2.24) is 10.2 Å². The summed E-state index contributed by atoms with van der Waals surface area (Å²) in [4.78, 5) is 24.9. The molecule has 3 unspecified atom stereocenters. The van der Waals surface area contributed by atoms with Crippen LogP contribution in [0.15, 0.2) is 0 Å². The van der Waals surface area contributed by atoms with Crippen molar-refractivity contribution in [2.24, 2.45) is 11.8 Å². The van der Waals surface area contributed by atoms with E-state index in [0.29, 0.717) is 12.6 Å². The molecule has 1 rings (SSSR count). The van der Waals surface area contributed by atoms with Crippen molar-refractivity contribution in [3.8, 4) is 0 Å². The molecular formula is C13H24N2O3. The van der Waals surface area contributed by atoms with Gasteiger partial charge in [0.2, 0.25) is 5.91 Å². The lowest BCUT2D eigenvalue weighted by atomic mass is 9.95. The van der Waals surface area contributed by atoms with Crippen molar-refractivity contribution in [3.63, 3.8) is 0 Å². The number of rotatable bonds is 7. The second-order valence-corrected chi connectivity index (χ2v) is 5.41. The van der Waals surface area contributed by atoms with Crippen molar-refractivity contribution < 1.29 is 14.7 Å². The normalized spacial score (nSPS) is 20.3. The number of carbonyl (C=O) groups excluding carboxylic acids is 1. The zero-order valence-corrected chi connectivity index (χ0v) is 11.6. The fourth-order valence-corrected chi connectivity index (χ4v) is 1.84. The van der Waals surface area contributed by atoms with E-state index >= 15 is 0 Å². The van der Waals surface area contributed by atoms with E-state index in [1.807, 2.05) is 0 Å². The Balaban J connectivity index is 2.33. The standard InChI is InChI=1S/C13H24N2O3/c1-8(15(4)11-5-6-11)7-14-12(16)9(2)10(3)13(17)18/h8-11H,5-7H2,1-4H3,(H,14,16)(H,17,18). The van der Waals surface area contributed by atoms with Crippen LogP contribution in [-0.2, 0) is 9.59 Å². The Hall–Kier alpha value is -1.10. The van der Waals surface area contributed by atoms with Gasteiger partial charge in [-0.15, -0.1) is 0 Å². The number of hydrogen-bond acceptors (Lipinski definition) is 3. The molecule has 0 aromatic heterocycles. The topological polar surface area (TPSA) is 69.6 Å². The Kier molecular flexibility index (Phi) is 5.14. The molecule has 1 aliphatic carbocycles. The van der Waals surface area contributed by atoms with Gasteiger partial charge in [0, 0.05) is 24.5 Å². The maximum absolute atomic E-state index is 11.8. The van der Waals surface area contributed by atoms with Gasteiger partial charge >= 0.3 is 5.97 Å². The summed E-state index contributed by atoms with van der Waals surface area (Å²) < 4.78 is 0. The smallest absolute Gasteiger partial charge is 0.307 e. The minimum atomic E-state index is -0.930. The highest BCUT2D eigenvalue weighted by atomic mass is 16.4. The highest BCUT2D eigenvalue weighted by Crippen LogP contribution is 2.26. The number of carboxylic acids is 1. The van der Waals surface area contributed by atoms with E-state index in [4.69, 9.17) is 5.11 Å². The molecule has 1 saturated carbocycles. The number of carbonyl (C=O) groups is 2. The first-order chi connectivity index (χ1) is 8.34. The van der Waals surface area contributed by atoms with Crippen molar-refractivity contribution in [2.75, 3.05) is 13.6 Å². The van der Waals surface area contributed by atoms with Crippen molar-refractivity contribution in [2.45, 2.75) is 45.7 Å². The summed E-state index contributed by atoms with van der Waals surface area (Å²) in [5, 5.41) is 11.7. The van der Waals surface area contributed by atoms with Crippen LogP contribution < -0.4 is 5.32 Å². The summed E-state index contributed by atoms with van der Waals surface area (Å²) in [6.45, 7) is 5.86. The van der Waals surface area contributed by atoms with E-state index in [1.165, 1.54) is 12.8 Å². The average Bonchev–Trinajstić information content (AvgIpc) is 3.16. The van der Waals surface area contributed by atoms with Gasteiger partial charge in [-0.3, -0.25) is 14.5 Å². The van der Waals surface area contributed by atoms with Gasteiger partial charge in [0.1, 0.15) is 0 Å². The van der Waals surface area contributed by atoms with Crippen LogP contribution in [0, 0.1) is 11.8 Å². The molecule has 104 valence electrons. The van der Waals surface area contributed by atoms with Crippen molar-refractivity contribution >= 4 is 11.9 Å². The molecule has 0 heterocycles. The van der Waals surface area contributed by atoms with Crippen LogP contribution in [0.5, 0.6) is 0 Å². The summed E-state index contributed by atoms with van der Waals surface area (Å²) in [5.74, 6) is -2.26. The molecule has 2 N–H and O–H groups in total. The van der Waals surface area contributed by atoms with E-state index in [-0.39, 0.29) is 11.9 Å². The lowest BCUT2D eigenvalue weighted by Crippen LogP contribution is -2.44. The highest BCUT2D eigenvalue weighted by Gasteiger charge is 2.30. The van der Waals surface area contributed by atoms with Crippen LogP contribution in [0.4, 0.5) is 0 Å². The first-order valence-electron chi connectivity index (χ1n) is 6.57. The van der Waals surface area contributed by atoms with E-state index in [1.54, 1.807) is 13.8 Å². The molecule has 0 radical (unpaired) electrons. The van der Waals surface area contributed by atoms with Crippen LogP contribution >= 0.6 is 0 Å². The summed E-state index contributed by atoms with van der Waals surface area (Å²) in [6, 6.07) is 0.945. The van der Waals surface area contributed by atoms with Gasteiger partial charge in [0.05, 0.1) is 5.92 Å². The predicted octanol–water partition coefficient (Wildman–Crippen LogP) is 0.942. The molecule has 0 aliphatic heterocycles. The maximum Gasteiger partial charge on any atom is 0.307 e. The van der Waals surface area contributed by atoms with Gasteiger partial charge in [0.15, 0.2) is 0 Å². The third-order valence-electron chi connectivity index (χ3n) is 3.94. The quantitative estimate of drug-likeness (QED) is 0.711. The molecule has 18 heavy (non-hydrogen) atoms. The second-order valence-electron chi connectivity index (χ2n) is 5.41. The Morgan fingerprint density at radius 2 is 1.83 bits per heavy atom. The van der Waals surface area contributed by atoms with Gasteiger partial charge in [-0.1, -0.05) is 13.8 Å². The molecule has 3 atom stereocenters. The Labute approximate surface area is 109 Å². The molecular weight excluding hydrogens is 232 g/mol. The fourth-order valence-electron chi connectivity index (χ4n) is 1.84. The Bertz CT molecular complexity index is 315. The minimum Gasteiger partial charge on any atom is -0.481 e. The first kappa shape index (κ1) is 15.0. The minimum absolute atomic E-state index is 0.180. The zero-order chi connectivity index (χ0) is 13.9. The molecule has 0 aromatic rings. The largest absolute Gasteiger partial charge is 0.481 e. The van der Waals surface area contributed by atoms with Crippen LogP contribution in [0.2, 0.25) is 0 Å². The molecule has 0 saturated heterocycles. The first-order valence-corrected chi connectivity index (χ1v) is 6.57. The summed E-state index contributed by atoms with van der Waals surface area (Å²) >= 11 is 0. The molecule has 5 nitrogen and oxygen atoms in total. The Morgan fingerprint density at radius 1 is 1.28 bits per heavy atom. The molecule has 1 amide bonds. The van der Waals surface area contributed by atoms with Gasteiger partial charge in [-0.2, -0.15) is 0 Å². The molecule has 0 aromatic carbocycles. The zero-order valence-electron chi connectivity index (χ0n) is 11.6. The summed E-state index contributed by atoms with van der Waals surface area (Å²) in [5.41, 5.74) is 0. The van der Waals surface area contributed by atoms with Gasteiger partial charge in [-0.25, -0.2) is 0 Å². The lowest BCUT2D eigenvalue weighted by molar-refractivity contribution is -0.146. The van der Waals surface area contributed by atoms with Crippen LogP contribution in [0.25, 0.3) is 0 Å². The van der Waals surface area contributed by atoms with Crippen molar-refractivity contribution in [1.29, 1.82) is 0 Å². The van der Waals surface area contributed by atoms with Crippen LogP contribution in [0.3, 0.4) is 0 Å². The third kappa shape index (κ3) is 3.98. The van der Waals surface area contributed by atoms with E-state index in [2.05, 4.69) is 24.2 Å². The maximum atomic E-state index is 11.8. The highest BCUT2D eigenvalue weighted by molar-refractivity contribution is 5.84. The lowest BCUT2D eigenvalue weighted by Gasteiger charge is -2.25. The van der Waals surface area contributed by atoms with Crippen LogP contribution in [0.1, 0.15) is 33.6 Å². The number of nitrogens with one attached hydrogen (secondary N) is 1. The van der Waals surface area contributed by atoms with E-state index in [9.17, 15) is 9.59 Å². The number of carboxylic acid groups (broad SMARTS) is 1. The predicted molar refractivity (Wildman–Crippen MR) is 69.2 cm³/mol. The van der Waals surface area contributed by atoms with E-state index < -0.39 is 17.8 Å². The number of likely N-dealkylation sites (N-methyl/N-ethyl adjacent to an activating group) is 1. The second kappa shape index (κ2) is 6.18.